The van der Waals surface area contributed by atoms with Crippen molar-refractivity contribution < 1.29 is 38.1 Å². The quantitative estimate of drug-likeness (QED) is 0.241. The van der Waals surface area contributed by atoms with Gasteiger partial charge in [0.1, 0.15) is 11.5 Å². The number of benzene rings is 2. The maximum absolute atomic E-state index is 12.8. The SMILES string of the molecule is CCOC(=O)COc1c(C(=O)OC)sc(-c2cccc(OCC3CCN(C(=O)Nc4ccccc4OC)CC3)c2)c1Br. The van der Waals surface area contributed by atoms with E-state index in [-0.39, 0.29) is 29.9 Å². The summed E-state index contributed by atoms with van der Waals surface area (Å²) in [5.74, 6) is 0.715. The van der Waals surface area contributed by atoms with E-state index in [1.54, 1.807) is 18.9 Å². The third kappa shape index (κ3) is 7.74. The Kier molecular flexibility index (Phi) is 11.1. The van der Waals surface area contributed by atoms with Crippen LogP contribution in [0.25, 0.3) is 10.4 Å². The Morgan fingerprint density at radius 3 is 2.52 bits per heavy atom. The van der Waals surface area contributed by atoms with Crippen LogP contribution in [0, 0.1) is 5.92 Å². The molecule has 2 heterocycles. The lowest BCUT2D eigenvalue weighted by Gasteiger charge is -2.32. The Morgan fingerprint density at radius 2 is 1.81 bits per heavy atom. The van der Waals surface area contributed by atoms with Gasteiger partial charge in [0, 0.05) is 13.1 Å². The number of urea groups is 1. The van der Waals surface area contributed by atoms with Crippen molar-refractivity contribution in [2.75, 3.05) is 52.4 Å². The van der Waals surface area contributed by atoms with Crippen molar-refractivity contribution in [3.05, 3.63) is 57.9 Å². The summed E-state index contributed by atoms with van der Waals surface area (Å²) >= 11 is 4.73. The van der Waals surface area contributed by atoms with Crippen LogP contribution in [0.2, 0.25) is 0 Å². The largest absolute Gasteiger partial charge is 0.495 e. The summed E-state index contributed by atoms with van der Waals surface area (Å²) in [4.78, 5) is 39.8. The number of hydrogen-bond acceptors (Lipinski definition) is 9. The average Bonchev–Trinajstić information content (AvgIpc) is 3.35. The molecule has 0 bridgehead atoms. The topological polar surface area (TPSA) is 113 Å². The Morgan fingerprint density at radius 1 is 1.05 bits per heavy atom. The number of carbonyl (C=O) groups is 3. The number of carbonyl (C=O) groups excluding carboxylic acids is 3. The van der Waals surface area contributed by atoms with E-state index in [1.165, 1.54) is 18.4 Å². The zero-order valence-corrected chi connectivity index (χ0v) is 26.0. The van der Waals surface area contributed by atoms with Crippen LogP contribution in [-0.2, 0) is 14.3 Å². The van der Waals surface area contributed by atoms with E-state index in [0.29, 0.717) is 47.3 Å². The van der Waals surface area contributed by atoms with Crippen molar-refractivity contribution >= 4 is 50.9 Å². The van der Waals surface area contributed by atoms with Crippen LogP contribution in [0.5, 0.6) is 17.2 Å². The van der Waals surface area contributed by atoms with Gasteiger partial charge >= 0.3 is 18.0 Å². The highest BCUT2D eigenvalue weighted by Gasteiger charge is 2.26. The number of halogens is 1. The molecule has 1 aliphatic heterocycles. The number of likely N-dealkylation sites (tertiary alicyclic amines) is 1. The van der Waals surface area contributed by atoms with Crippen molar-refractivity contribution in [3.63, 3.8) is 0 Å². The molecule has 0 aliphatic carbocycles. The van der Waals surface area contributed by atoms with E-state index in [1.807, 2.05) is 48.5 Å². The first-order valence-electron chi connectivity index (χ1n) is 13.5. The Hall–Kier alpha value is -3.77. The number of amides is 2. The predicted molar refractivity (Wildman–Crippen MR) is 163 cm³/mol. The molecule has 224 valence electrons. The summed E-state index contributed by atoms with van der Waals surface area (Å²) in [5.41, 5.74) is 1.45. The van der Waals surface area contributed by atoms with E-state index < -0.39 is 11.9 Å². The summed E-state index contributed by atoms with van der Waals surface area (Å²) < 4.78 is 27.5. The van der Waals surface area contributed by atoms with Crippen LogP contribution in [0.15, 0.2) is 53.0 Å². The van der Waals surface area contributed by atoms with E-state index in [2.05, 4.69) is 21.2 Å². The molecule has 4 rings (SSSR count). The lowest BCUT2D eigenvalue weighted by Crippen LogP contribution is -2.42. The number of esters is 2. The maximum Gasteiger partial charge on any atom is 0.351 e. The summed E-state index contributed by atoms with van der Waals surface area (Å²) in [6.07, 6.45) is 1.64. The highest BCUT2D eigenvalue weighted by atomic mass is 79.9. The lowest BCUT2D eigenvalue weighted by molar-refractivity contribution is -0.145. The zero-order valence-electron chi connectivity index (χ0n) is 23.6. The Balaban J connectivity index is 1.36. The second-order valence-corrected chi connectivity index (χ2v) is 11.2. The number of para-hydroxylation sites is 2. The second kappa shape index (κ2) is 14.9. The van der Waals surface area contributed by atoms with Gasteiger partial charge in [-0.25, -0.2) is 14.4 Å². The fourth-order valence-electron chi connectivity index (χ4n) is 4.46. The number of nitrogens with zero attached hydrogens (tertiary/aromatic N) is 1. The molecule has 0 saturated carbocycles. The van der Waals surface area contributed by atoms with Crippen LogP contribution < -0.4 is 19.5 Å². The van der Waals surface area contributed by atoms with Crippen LogP contribution in [0.1, 0.15) is 29.4 Å². The molecule has 1 saturated heterocycles. The molecule has 42 heavy (non-hydrogen) atoms. The van der Waals surface area contributed by atoms with Gasteiger partial charge < -0.3 is 33.9 Å². The minimum Gasteiger partial charge on any atom is -0.495 e. The second-order valence-electron chi connectivity index (χ2n) is 9.39. The van der Waals surface area contributed by atoms with Gasteiger partial charge in [0.15, 0.2) is 17.2 Å². The lowest BCUT2D eigenvalue weighted by atomic mass is 9.98. The van der Waals surface area contributed by atoms with Gasteiger partial charge in [-0.1, -0.05) is 24.3 Å². The molecule has 1 aliphatic rings. The summed E-state index contributed by atoms with van der Waals surface area (Å²) in [7, 11) is 2.86. The van der Waals surface area contributed by atoms with E-state index in [4.69, 9.17) is 23.7 Å². The van der Waals surface area contributed by atoms with Crippen molar-refractivity contribution in [1.29, 1.82) is 0 Å². The van der Waals surface area contributed by atoms with Gasteiger partial charge in [-0.05, 0) is 71.4 Å². The summed E-state index contributed by atoms with van der Waals surface area (Å²) in [6, 6.07) is 14.7. The molecule has 1 aromatic heterocycles. The number of hydrogen-bond donors (Lipinski definition) is 1. The van der Waals surface area contributed by atoms with Gasteiger partial charge in [-0.2, -0.15) is 0 Å². The van der Waals surface area contributed by atoms with Crippen LogP contribution in [-0.4, -0.2) is 70.0 Å². The average molecular weight is 662 g/mol. The van der Waals surface area contributed by atoms with E-state index in [0.717, 1.165) is 23.3 Å². The van der Waals surface area contributed by atoms with Crippen molar-refractivity contribution in [3.8, 4) is 27.7 Å². The molecule has 0 radical (unpaired) electrons. The van der Waals surface area contributed by atoms with Gasteiger partial charge in [-0.3, -0.25) is 0 Å². The molecule has 12 heteroatoms. The Bertz CT molecular complexity index is 1400. The van der Waals surface area contributed by atoms with Gasteiger partial charge in [-0.15, -0.1) is 11.3 Å². The first-order valence-corrected chi connectivity index (χ1v) is 15.1. The molecule has 1 N–H and O–H groups in total. The van der Waals surface area contributed by atoms with Crippen LogP contribution in [0.3, 0.4) is 0 Å². The number of nitrogens with one attached hydrogen (secondary N) is 1. The monoisotopic (exact) mass is 660 g/mol. The molecule has 2 amide bonds. The van der Waals surface area contributed by atoms with Crippen LogP contribution in [0.4, 0.5) is 10.5 Å². The molecule has 10 nitrogen and oxygen atoms in total. The minimum absolute atomic E-state index is 0.148. The first kappa shape index (κ1) is 31.2. The number of piperidine rings is 1. The predicted octanol–water partition coefficient (Wildman–Crippen LogP) is 6.24. The molecule has 0 spiro atoms. The first-order chi connectivity index (χ1) is 20.3. The summed E-state index contributed by atoms with van der Waals surface area (Å²) in [5, 5.41) is 2.93. The molecular weight excluding hydrogens is 628 g/mol. The number of thiophene rings is 1. The highest BCUT2D eigenvalue weighted by Crippen LogP contribution is 2.46. The fourth-order valence-corrected chi connectivity index (χ4v) is 6.42. The van der Waals surface area contributed by atoms with E-state index >= 15 is 0 Å². The molecule has 3 aromatic rings. The fraction of sp³-hybridized carbons (Fsp3) is 0.367. The normalized spacial score (nSPS) is 13.3. The van der Waals surface area contributed by atoms with Gasteiger partial charge in [0.05, 0.1) is 42.5 Å². The van der Waals surface area contributed by atoms with Gasteiger partial charge in [0.25, 0.3) is 0 Å². The molecule has 0 atom stereocenters. The minimum atomic E-state index is -0.568. The van der Waals surface area contributed by atoms with Crippen molar-refractivity contribution in [1.82, 2.24) is 4.90 Å². The molecule has 2 aromatic carbocycles. The number of anilines is 1. The molecule has 0 unspecified atom stereocenters. The van der Waals surface area contributed by atoms with Gasteiger partial charge in [0.2, 0.25) is 0 Å². The third-order valence-electron chi connectivity index (χ3n) is 6.65. The highest BCUT2D eigenvalue weighted by molar-refractivity contribution is 9.10. The van der Waals surface area contributed by atoms with Crippen molar-refractivity contribution in [2.45, 2.75) is 19.8 Å². The molecule has 1 fully saturated rings. The standard InChI is InChI=1S/C30H33BrN2O8S/c1-4-39-24(34)18-41-26-25(31)27(42-28(26)29(35)38-3)20-8-7-9-21(16-20)40-17-19-12-14-33(15-13-19)30(36)32-22-10-5-6-11-23(22)37-2/h5-11,16,19H,4,12-15,17-18H2,1-3H3,(H,32,36). The third-order valence-corrected chi connectivity index (χ3v) is 8.87. The maximum atomic E-state index is 12.8. The number of methoxy groups -OCH3 is 2. The number of ether oxygens (including phenoxy) is 5. The molecular formula is C30H33BrN2O8S. The smallest absolute Gasteiger partial charge is 0.351 e. The van der Waals surface area contributed by atoms with E-state index in [9.17, 15) is 14.4 Å². The summed E-state index contributed by atoms with van der Waals surface area (Å²) in [6.45, 7) is 3.37. The zero-order chi connectivity index (χ0) is 30.1. The Labute approximate surface area is 257 Å². The van der Waals surface area contributed by atoms with Crippen LogP contribution >= 0.6 is 27.3 Å². The number of rotatable bonds is 11. The van der Waals surface area contributed by atoms with Crippen molar-refractivity contribution in [2.24, 2.45) is 5.92 Å².